The molecule has 1 fully saturated rings. The van der Waals surface area contributed by atoms with E-state index in [1.165, 1.54) is 0 Å². The van der Waals surface area contributed by atoms with Gasteiger partial charge in [-0.1, -0.05) is 0 Å². The Labute approximate surface area is 90.8 Å². The van der Waals surface area contributed by atoms with Crippen LogP contribution in [0.1, 0.15) is 33.6 Å². The first-order valence-corrected chi connectivity index (χ1v) is 5.26. The van der Waals surface area contributed by atoms with Crippen LogP contribution in [0.25, 0.3) is 4.85 Å². The van der Waals surface area contributed by atoms with Gasteiger partial charge in [-0.05, 0) is 33.6 Å². The van der Waals surface area contributed by atoms with Crippen LogP contribution in [0.2, 0.25) is 0 Å². The van der Waals surface area contributed by atoms with Crippen molar-refractivity contribution in [3.05, 3.63) is 11.4 Å². The van der Waals surface area contributed by atoms with Gasteiger partial charge in [0.25, 0.3) is 0 Å². The minimum atomic E-state index is -0.475. The molecule has 1 aliphatic carbocycles. The summed E-state index contributed by atoms with van der Waals surface area (Å²) in [5.41, 5.74) is -0.475. The van der Waals surface area contributed by atoms with Crippen molar-refractivity contribution >= 4 is 6.09 Å². The monoisotopic (exact) mass is 210 g/mol. The zero-order valence-corrected chi connectivity index (χ0v) is 9.54. The molecule has 0 radical (unpaired) electrons. The number of rotatable bonds is 3. The summed E-state index contributed by atoms with van der Waals surface area (Å²) in [6.07, 6.45) is 1.79. The van der Waals surface area contributed by atoms with Gasteiger partial charge in [0.1, 0.15) is 5.60 Å². The number of alkyl carbamates (subject to hydrolysis) is 1. The summed E-state index contributed by atoms with van der Waals surface area (Å²) in [6, 6.07) is -0.0717. The van der Waals surface area contributed by atoms with E-state index in [9.17, 15) is 4.79 Å². The second kappa shape index (κ2) is 4.52. The molecule has 1 amide bonds. The maximum absolute atomic E-state index is 11.3. The van der Waals surface area contributed by atoms with Crippen LogP contribution in [-0.4, -0.2) is 24.3 Å². The van der Waals surface area contributed by atoms with E-state index in [2.05, 4.69) is 10.2 Å². The topological polar surface area (TPSA) is 42.7 Å². The lowest BCUT2D eigenvalue weighted by Crippen LogP contribution is -2.36. The number of hydrogen-bond acceptors (Lipinski definition) is 2. The molecule has 0 aromatic heterocycles. The minimum absolute atomic E-state index is 0.0717. The van der Waals surface area contributed by atoms with Gasteiger partial charge in [-0.25, -0.2) is 11.4 Å². The lowest BCUT2D eigenvalue weighted by Gasteiger charge is -2.19. The molecule has 84 valence electrons. The predicted octanol–water partition coefficient (Wildman–Crippen LogP) is 2.21. The minimum Gasteiger partial charge on any atom is -0.444 e. The van der Waals surface area contributed by atoms with Gasteiger partial charge >= 0.3 is 6.09 Å². The average Bonchev–Trinajstić information content (AvgIpc) is 2.85. The van der Waals surface area contributed by atoms with Crippen molar-refractivity contribution in [1.29, 1.82) is 0 Å². The summed E-state index contributed by atoms with van der Waals surface area (Å²) in [7, 11) is 0. The third-order valence-electron chi connectivity index (χ3n) is 2.19. The van der Waals surface area contributed by atoms with E-state index in [0.29, 0.717) is 12.5 Å². The lowest BCUT2D eigenvalue weighted by molar-refractivity contribution is 0.0525. The highest BCUT2D eigenvalue weighted by atomic mass is 16.6. The van der Waals surface area contributed by atoms with E-state index in [1.807, 2.05) is 20.8 Å². The van der Waals surface area contributed by atoms with Crippen molar-refractivity contribution in [3.63, 3.8) is 0 Å². The molecule has 1 aliphatic rings. The van der Waals surface area contributed by atoms with Crippen LogP contribution >= 0.6 is 0 Å². The fourth-order valence-corrected chi connectivity index (χ4v) is 1.30. The van der Waals surface area contributed by atoms with Gasteiger partial charge in [0.15, 0.2) is 0 Å². The van der Waals surface area contributed by atoms with Gasteiger partial charge in [0.05, 0.1) is 6.54 Å². The molecule has 0 aliphatic heterocycles. The third-order valence-corrected chi connectivity index (χ3v) is 2.19. The van der Waals surface area contributed by atoms with Crippen molar-refractivity contribution in [1.82, 2.24) is 5.32 Å². The Balaban J connectivity index is 2.24. The second-order valence-corrected chi connectivity index (χ2v) is 4.92. The van der Waals surface area contributed by atoms with Crippen molar-refractivity contribution in [2.24, 2.45) is 5.92 Å². The van der Waals surface area contributed by atoms with E-state index in [0.717, 1.165) is 12.8 Å². The summed E-state index contributed by atoms with van der Waals surface area (Å²) in [5.74, 6) is 0.484. The smallest absolute Gasteiger partial charge is 0.407 e. The molecule has 1 saturated carbocycles. The average molecular weight is 210 g/mol. The van der Waals surface area contributed by atoms with Gasteiger partial charge in [0.2, 0.25) is 6.04 Å². The first kappa shape index (κ1) is 11.8. The van der Waals surface area contributed by atoms with Crippen LogP contribution in [0.3, 0.4) is 0 Å². The molecule has 1 atom stereocenters. The number of carbonyl (C=O) groups is 1. The van der Waals surface area contributed by atoms with Crippen LogP contribution in [0, 0.1) is 12.5 Å². The highest BCUT2D eigenvalue weighted by molar-refractivity contribution is 5.67. The molecule has 4 heteroatoms. The quantitative estimate of drug-likeness (QED) is 0.726. The van der Waals surface area contributed by atoms with Crippen molar-refractivity contribution < 1.29 is 9.53 Å². The first-order valence-electron chi connectivity index (χ1n) is 5.26. The summed E-state index contributed by atoms with van der Waals surface area (Å²) in [6.45, 7) is 12.9. The van der Waals surface area contributed by atoms with E-state index in [-0.39, 0.29) is 6.04 Å². The summed E-state index contributed by atoms with van der Waals surface area (Å²) in [4.78, 5) is 14.8. The Morgan fingerprint density at radius 2 is 2.20 bits per heavy atom. The molecule has 0 saturated heterocycles. The standard InChI is InChI=1S/C11H18N2O2/c1-11(2,3)15-10(14)13-7-9(12-4)8-5-6-8/h8-9H,5-7H2,1-3H3,(H,13,14). The Morgan fingerprint density at radius 3 is 2.60 bits per heavy atom. The summed E-state index contributed by atoms with van der Waals surface area (Å²) in [5, 5.41) is 2.64. The molecule has 0 heterocycles. The highest BCUT2D eigenvalue weighted by Crippen LogP contribution is 2.34. The molecule has 15 heavy (non-hydrogen) atoms. The van der Waals surface area contributed by atoms with Gasteiger partial charge in [-0.2, -0.15) is 0 Å². The van der Waals surface area contributed by atoms with Crippen LogP contribution in [0.15, 0.2) is 0 Å². The van der Waals surface area contributed by atoms with Gasteiger partial charge in [-0.15, -0.1) is 0 Å². The van der Waals surface area contributed by atoms with Crippen molar-refractivity contribution in [2.75, 3.05) is 6.54 Å². The SMILES string of the molecule is [C-]#[N+]C(CNC(=O)OC(C)(C)C)C1CC1. The molecule has 1 rings (SSSR count). The van der Waals surface area contributed by atoms with Crippen LogP contribution in [-0.2, 0) is 4.74 Å². The number of ether oxygens (including phenoxy) is 1. The van der Waals surface area contributed by atoms with Crippen molar-refractivity contribution in [3.8, 4) is 0 Å². The fraction of sp³-hybridized carbons (Fsp3) is 0.818. The third kappa shape index (κ3) is 4.68. The van der Waals surface area contributed by atoms with E-state index in [4.69, 9.17) is 11.3 Å². The van der Waals surface area contributed by atoms with Gasteiger partial charge in [-0.3, -0.25) is 0 Å². The first-order chi connectivity index (χ1) is 6.92. The number of hydrogen-bond donors (Lipinski definition) is 1. The zero-order valence-electron chi connectivity index (χ0n) is 9.54. The summed E-state index contributed by atoms with van der Waals surface area (Å²) < 4.78 is 5.08. The molecule has 1 unspecified atom stereocenters. The molecule has 0 bridgehead atoms. The fourth-order valence-electron chi connectivity index (χ4n) is 1.30. The molecular formula is C11H18N2O2. The molecular weight excluding hydrogens is 192 g/mol. The molecule has 0 aromatic rings. The normalized spacial score (nSPS) is 17.7. The predicted molar refractivity (Wildman–Crippen MR) is 57.4 cm³/mol. The van der Waals surface area contributed by atoms with Crippen LogP contribution in [0.4, 0.5) is 4.79 Å². The Hall–Kier alpha value is -1.24. The number of carbonyl (C=O) groups excluding carboxylic acids is 1. The van der Waals surface area contributed by atoms with Gasteiger partial charge < -0.3 is 14.9 Å². The Bertz CT molecular complexity index is 271. The Morgan fingerprint density at radius 1 is 1.60 bits per heavy atom. The lowest BCUT2D eigenvalue weighted by atomic mass is 10.2. The van der Waals surface area contributed by atoms with E-state index >= 15 is 0 Å². The maximum atomic E-state index is 11.3. The number of nitrogens with zero attached hydrogens (tertiary/aromatic N) is 1. The highest BCUT2D eigenvalue weighted by Gasteiger charge is 2.36. The maximum Gasteiger partial charge on any atom is 0.407 e. The number of amides is 1. The van der Waals surface area contributed by atoms with E-state index < -0.39 is 11.7 Å². The largest absolute Gasteiger partial charge is 0.444 e. The van der Waals surface area contributed by atoms with Gasteiger partial charge in [0, 0.05) is 5.92 Å². The molecule has 1 N–H and O–H groups in total. The molecule has 4 nitrogen and oxygen atoms in total. The number of nitrogens with one attached hydrogen (secondary N) is 1. The molecule has 0 spiro atoms. The van der Waals surface area contributed by atoms with E-state index in [1.54, 1.807) is 0 Å². The zero-order chi connectivity index (χ0) is 11.5. The summed E-state index contributed by atoms with van der Waals surface area (Å²) >= 11 is 0. The molecule has 0 aromatic carbocycles. The van der Waals surface area contributed by atoms with Crippen LogP contribution < -0.4 is 5.32 Å². The van der Waals surface area contributed by atoms with Crippen LogP contribution in [0.5, 0.6) is 0 Å². The van der Waals surface area contributed by atoms with Crippen molar-refractivity contribution in [2.45, 2.75) is 45.3 Å². The second-order valence-electron chi connectivity index (χ2n) is 4.92. The Kier molecular flexibility index (Phi) is 3.57.